The van der Waals surface area contributed by atoms with E-state index in [4.69, 9.17) is 18.9 Å². The van der Waals surface area contributed by atoms with Gasteiger partial charge in [0.2, 0.25) is 0 Å². The monoisotopic (exact) mass is 880 g/mol. The molecule has 2 atom stereocenters. The van der Waals surface area contributed by atoms with Crippen LogP contribution in [0, 0.1) is 0 Å². The van der Waals surface area contributed by atoms with Gasteiger partial charge in [-0.25, -0.2) is 9.59 Å². The molecule has 0 amide bonds. The molecule has 2 N–H and O–H groups in total. The lowest BCUT2D eigenvalue weighted by molar-refractivity contribution is -0.174. The van der Waals surface area contributed by atoms with Crippen molar-refractivity contribution in [3.05, 3.63) is 91.5 Å². The van der Waals surface area contributed by atoms with Crippen LogP contribution in [0.2, 0.25) is 0 Å². The summed E-state index contributed by atoms with van der Waals surface area (Å²) < 4.78 is 66.6. The number of hydrogen-bond donors (Lipinski definition) is 2. The lowest BCUT2D eigenvalue weighted by Crippen LogP contribution is -2.50. The number of halogens is 3. The van der Waals surface area contributed by atoms with E-state index in [9.17, 15) is 42.6 Å². The van der Waals surface area contributed by atoms with E-state index in [0.717, 1.165) is 47.9 Å². The van der Waals surface area contributed by atoms with Crippen molar-refractivity contribution in [1.29, 1.82) is 0 Å². The van der Waals surface area contributed by atoms with E-state index in [1.165, 1.54) is 32.5 Å². The molecule has 4 aromatic rings. The van der Waals surface area contributed by atoms with Crippen molar-refractivity contribution in [3.8, 4) is 45.5 Å². The zero-order chi connectivity index (χ0) is 45.8. The van der Waals surface area contributed by atoms with Crippen molar-refractivity contribution in [3.63, 3.8) is 0 Å². The molecule has 4 aliphatic heterocycles. The largest absolute Gasteiger partial charge is 0.504 e. The van der Waals surface area contributed by atoms with Gasteiger partial charge in [-0.15, -0.1) is 0 Å². The predicted octanol–water partition coefficient (Wildman–Crippen LogP) is 7.11. The summed E-state index contributed by atoms with van der Waals surface area (Å²) in [6, 6.07) is 9.77. The molecule has 6 heterocycles. The van der Waals surface area contributed by atoms with E-state index < -0.39 is 35.6 Å². The fraction of sp³-hybridized carbons (Fsp3) is 0.467. The first kappa shape index (κ1) is 44.9. The first-order valence-electron chi connectivity index (χ1n) is 20.6. The fourth-order valence-corrected chi connectivity index (χ4v) is 9.21. The highest BCUT2D eigenvalue weighted by molar-refractivity contribution is 5.90. The van der Waals surface area contributed by atoms with Gasteiger partial charge in [0.25, 0.3) is 0 Å². The zero-order valence-corrected chi connectivity index (χ0v) is 36.1. The molecule has 63 heavy (non-hydrogen) atoms. The van der Waals surface area contributed by atoms with Gasteiger partial charge in [0.15, 0.2) is 33.9 Å². The van der Waals surface area contributed by atoms with E-state index >= 15 is 0 Å². The summed E-state index contributed by atoms with van der Waals surface area (Å²) in [7, 11) is 2.96. The van der Waals surface area contributed by atoms with Crippen molar-refractivity contribution in [2.45, 2.75) is 96.1 Å². The number of carbonyl (C=O) groups excluding carboxylic acids is 1. The third-order valence-corrected chi connectivity index (χ3v) is 12.1. The number of alkyl halides is 3. The SMILES string of the molecule is CCOC(=O)c1cn2c(cc1=O)-c1cc(OC)c(O)cc1[C@H]1CCC(C)(C)N12.COc1cc2c(cc1OCCCOCC(F)(F)F)[C@H]1CCC(C)(C)N1n1cc(C(=O)O)c(=O)cc1-2. The number of phenols is 1. The van der Waals surface area contributed by atoms with Crippen LogP contribution in [0.1, 0.15) is 111 Å². The molecule has 2 fully saturated rings. The topological polar surface area (TPSA) is 171 Å². The molecule has 0 unspecified atom stereocenters. The molecule has 0 saturated carbocycles. The summed E-state index contributed by atoms with van der Waals surface area (Å²) in [5.74, 6) is -0.657. The van der Waals surface area contributed by atoms with Gasteiger partial charge in [-0.05, 0) is 95.7 Å². The lowest BCUT2D eigenvalue weighted by Gasteiger charge is -2.44. The number of benzene rings is 2. The summed E-state index contributed by atoms with van der Waals surface area (Å²) >= 11 is 0. The fourth-order valence-electron chi connectivity index (χ4n) is 9.21. The molecule has 2 saturated heterocycles. The quantitative estimate of drug-likeness (QED) is 0.116. The Morgan fingerprint density at radius 1 is 0.762 bits per heavy atom. The van der Waals surface area contributed by atoms with Gasteiger partial charge in [-0.2, -0.15) is 13.2 Å². The molecule has 338 valence electrons. The molecule has 0 aliphatic carbocycles. The molecular formula is C45H51F3N4O11. The van der Waals surface area contributed by atoms with Crippen molar-refractivity contribution in [2.24, 2.45) is 0 Å². The number of rotatable bonds is 11. The third-order valence-electron chi connectivity index (χ3n) is 12.1. The minimum atomic E-state index is -4.37. The average molecular weight is 881 g/mol. The third kappa shape index (κ3) is 8.39. The Morgan fingerprint density at radius 3 is 1.81 bits per heavy atom. The van der Waals surface area contributed by atoms with Gasteiger partial charge in [-0.3, -0.25) is 29.0 Å². The molecule has 2 aromatic carbocycles. The number of ether oxygens (including phenoxy) is 5. The second-order valence-corrected chi connectivity index (χ2v) is 17.1. The molecule has 2 aromatic heterocycles. The smallest absolute Gasteiger partial charge is 0.411 e. The second kappa shape index (κ2) is 16.8. The molecule has 0 radical (unpaired) electrons. The van der Waals surface area contributed by atoms with E-state index in [1.54, 1.807) is 36.0 Å². The number of hydrogen-bond acceptors (Lipinski definition) is 12. The molecular weight excluding hydrogens is 830 g/mol. The summed E-state index contributed by atoms with van der Waals surface area (Å²) in [5, 5.41) is 24.1. The summed E-state index contributed by atoms with van der Waals surface area (Å²) in [6.45, 7) is 9.03. The number of carbonyl (C=O) groups is 2. The Kier molecular flexibility index (Phi) is 12.0. The van der Waals surface area contributed by atoms with Crippen molar-refractivity contribution in [2.75, 3.05) is 50.7 Å². The van der Waals surface area contributed by atoms with Crippen LogP contribution < -0.4 is 35.1 Å². The maximum Gasteiger partial charge on any atom is 0.411 e. The number of carboxylic acid groups (broad SMARTS) is 1. The van der Waals surface area contributed by atoms with Crippen molar-refractivity contribution < 1.29 is 56.7 Å². The van der Waals surface area contributed by atoms with Crippen LogP contribution in [0.25, 0.3) is 22.5 Å². The van der Waals surface area contributed by atoms with Crippen molar-refractivity contribution >= 4 is 11.9 Å². The Hall–Kier alpha value is -6.17. The zero-order valence-electron chi connectivity index (χ0n) is 36.1. The number of aromatic carboxylic acids is 1. The highest BCUT2D eigenvalue weighted by Gasteiger charge is 2.47. The van der Waals surface area contributed by atoms with Gasteiger partial charge in [-0.1, -0.05) is 0 Å². The number of aromatic nitrogens is 2. The van der Waals surface area contributed by atoms with Gasteiger partial charge in [0.1, 0.15) is 17.7 Å². The van der Waals surface area contributed by atoms with Crippen LogP contribution in [0.4, 0.5) is 13.2 Å². The highest BCUT2D eigenvalue weighted by Crippen LogP contribution is 2.52. The number of esters is 1. The molecule has 15 nitrogen and oxygen atoms in total. The molecule has 8 rings (SSSR count). The Labute approximate surface area is 361 Å². The van der Waals surface area contributed by atoms with Gasteiger partial charge in [0.05, 0.1) is 68.6 Å². The highest BCUT2D eigenvalue weighted by atomic mass is 19.4. The molecule has 0 bridgehead atoms. The van der Waals surface area contributed by atoms with Crippen molar-refractivity contribution in [1.82, 2.24) is 9.35 Å². The number of phenolic OH excluding ortho intramolecular Hbond substituents is 1. The second-order valence-electron chi connectivity index (χ2n) is 17.1. The van der Waals surface area contributed by atoms with E-state index in [2.05, 4.69) is 42.4 Å². The number of fused-ring (bicyclic) bond motifs is 12. The summed E-state index contributed by atoms with van der Waals surface area (Å²) in [6.07, 6.45) is 2.31. The van der Waals surface area contributed by atoms with Crippen LogP contribution in [-0.4, -0.2) is 89.4 Å². The van der Waals surface area contributed by atoms with Crippen LogP contribution in [-0.2, 0) is 9.47 Å². The number of methoxy groups -OCH3 is 2. The van der Waals surface area contributed by atoms with Crippen LogP contribution in [0.15, 0.2) is 58.4 Å². The molecule has 4 aliphatic rings. The Morgan fingerprint density at radius 2 is 1.29 bits per heavy atom. The number of carboxylic acids is 1. The number of pyridine rings is 2. The van der Waals surface area contributed by atoms with Gasteiger partial charge >= 0.3 is 18.1 Å². The normalized spacial score (nSPS) is 18.4. The van der Waals surface area contributed by atoms with Gasteiger partial charge < -0.3 is 33.9 Å². The van der Waals surface area contributed by atoms with E-state index in [-0.39, 0.29) is 66.3 Å². The van der Waals surface area contributed by atoms with E-state index in [1.807, 2.05) is 10.7 Å². The van der Waals surface area contributed by atoms with Crippen LogP contribution >= 0.6 is 0 Å². The summed E-state index contributed by atoms with van der Waals surface area (Å²) in [4.78, 5) is 49.2. The first-order chi connectivity index (χ1) is 29.7. The van der Waals surface area contributed by atoms with Gasteiger partial charge in [0, 0.05) is 42.1 Å². The molecule has 0 spiro atoms. The van der Waals surface area contributed by atoms with Crippen LogP contribution in [0.5, 0.6) is 23.0 Å². The summed E-state index contributed by atoms with van der Waals surface area (Å²) in [5.41, 5.74) is 2.85. The average Bonchev–Trinajstić information content (AvgIpc) is 3.72. The molecule has 18 heteroatoms. The standard InChI is InChI=1S/C24H27F3N2O6.C21H24N2O5/c1-23(2)6-5-17-14-10-21(35-8-4-7-34-13-24(25,26)27)20(33-3)9-15(14)18-11-19(30)16(22(31)32)12-28(18)29(17)23;1-5-28-20(26)14-11-22-16(10-17(14)24)13-9-19(27-4)18(25)8-12(13)15-6-7-21(2,3)23(15)22/h9-12,17H,4-8,13H2,1-3H3,(H,31,32);8-11,15,25H,5-7H2,1-4H3/t17-;15-/m11/s1. The Bertz CT molecular complexity index is 2570. The minimum Gasteiger partial charge on any atom is -0.504 e. The van der Waals surface area contributed by atoms with Crippen LogP contribution in [0.3, 0.4) is 0 Å². The maximum atomic E-state index is 12.7. The predicted molar refractivity (Wildman–Crippen MR) is 225 cm³/mol. The minimum absolute atomic E-state index is 0.0150. The lowest BCUT2D eigenvalue weighted by atomic mass is 9.93. The number of nitrogens with zero attached hydrogens (tertiary/aromatic N) is 4. The first-order valence-corrected chi connectivity index (χ1v) is 20.6. The maximum absolute atomic E-state index is 12.7. The number of aromatic hydroxyl groups is 1. The van der Waals surface area contributed by atoms with E-state index in [0.29, 0.717) is 28.6 Å². The Balaban J connectivity index is 0.000000193.